The van der Waals surface area contributed by atoms with Gasteiger partial charge in [0.2, 0.25) is 5.56 Å². The number of rotatable bonds is 5. The van der Waals surface area contributed by atoms with E-state index in [1.54, 1.807) is 12.3 Å². The molecule has 2 atom stereocenters. The third kappa shape index (κ3) is 4.95. The fourth-order valence-electron chi connectivity index (χ4n) is 1.31. The van der Waals surface area contributed by atoms with Gasteiger partial charge in [-0.05, 0) is 19.4 Å². The van der Waals surface area contributed by atoms with Gasteiger partial charge in [-0.25, -0.2) is 0 Å². The van der Waals surface area contributed by atoms with Gasteiger partial charge in [-0.15, -0.1) is 0 Å². The summed E-state index contributed by atoms with van der Waals surface area (Å²) in [5, 5.41) is 2.75. The van der Waals surface area contributed by atoms with Crippen LogP contribution in [0.4, 0.5) is 0 Å². The number of amides is 1. The molecule has 0 aliphatic carbocycles. The summed E-state index contributed by atoms with van der Waals surface area (Å²) in [4.78, 5) is 25.2. The Labute approximate surface area is 102 Å². The van der Waals surface area contributed by atoms with Gasteiger partial charge in [0, 0.05) is 46.7 Å². The zero-order chi connectivity index (χ0) is 12.8. The predicted molar refractivity (Wildman–Crippen MR) is 67.5 cm³/mol. The van der Waals surface area contributed by atoms with Gasteiger partial charge in [0.15, 0.2) is 0 Å². The van der Waals surface area contributed by atoms with Gasteiger partial charge in [0.05, 0.1) is 0 Å². The van der Waals surface area contributed by atoms with E-state index in [-0.39, 0.29) is 17.5 Å². The summed E-state index contributed by atoms with van der Waals surface area (Å²) < 4.78 is 10.9. The molecular formula is C11H16N2O3S. The van der Waals surface area contributed by atoms with Gasteiger partial charge in [0.1, 0.15) is 0 Å². The lowest BCUT2D eigenvalue weighted by Gasteiger charge is -2.12. The van der Waals surface area contributed by atoms with Gasteiger partial charge in [-0.3, -0.25) is 13.8 Å². The molecule has 1 rings (SSSR count). The Hall–Kier alpha value is -1.43. The Morgan fingerprint density at radius 1 is 1.59 bits per heavy atom. The average Bonchev–Trinajstić information content (AvgIpc) is 2.26. The van der Waals surface area contributed by atoms with Gasteiger partial charge in [0.25, 0.3) is 5.91 Å². The van der Waals surface area contributed by atoms with Crippen molar-refractivity contribution < 1.29 is 9.00 Å². The maximum absolute atomic E-state index is 11.7. The molecule has 0 bridgehead atoms. The molecule has 6 heteroatoms. The van der Waals surface area contributed by atoms with Gasteiger partial charge >= 0.3 is 0 Å². The van der Waals surface area contributed by atoms with Crippen molar-refractivity contribution in [2.75, 3.05) is 12.0 Å². The van der Waals surface area contributed by atoms with Crippen LogP contribution >= 0.6 is 0 Å². The Morgan fingerprint density at radius 2 is 2.29 bits per heavy atom. The average molecular weight is 256 g/mol. The van der Waals surface area contributed by atoms with E-state index in [0.717, 1.165) is 0 Å². The van der Waals surface area contributed by atoms with Crippen LogP contribution in [0.3, 0.4) is 0 Å². The van der Waals surface area contributed by atoms with Crippen LogP contribution in [0, 0.1) is 0 Å². The highest BCUT2D eigenvalue weighted by Gasteiger charge is 2.10. The summed E-state index contributed by atoms with van der Waals surface area (Å²) in [5.41, 5.74) is 0.0261. The molecule has 94 valence electrons. The van der Waals surface area contributed by atoms with Crippen LogP contribution in [0.2, 0.25) is 0 Å². The number of aromatic amines is 1. The first-order valence-electron chi connectivity index (χ1n) is 5.28. The van der Waals surface area contributed by atoms with Crippen LogP contribution in [0.1, 0.15) is 23.7 Å². The van der Waals surface area contributed by atoms with E-state index in [1.807, 2.05) is 6.92 Å². The summed E-state index contributed by atoms with van der Waals surface area (Å²) in [7, 11) is -0.855. The van der Waals surface area contributed by atoms with Crippen molar-refractivity contribution in [3.63, 3.8) is 0 Å². The van der Waals surface area contributed by atoms with E-state index in [2.05, 4.69) is 10.3 Å². The largest absolute Gasteiger partial charge is 0.350 e. The van der Waals surface area contributed by atoms with Crippen molar-refractivity contribution in [3.05, 3.63) is 34.2 Å². The SMILES string of the molecule is CC(CCS(C)=O)NC(=O)c1cc[nH]c(=O)c1. The Balaban J connectivity index is 2.54. The second kappa shape index (κ2) is 6.34. The van der Waals surface area contributed by atoms with Crippen LogP contribution in [0.15, 0.2) is 23.1 Å². The van der Waals surface area contributed by atoms with E-state index < -0.39 is 10.8 Å². The monoisotopic (exact) mass is 256 g/mol. The maximum atomic E-state index is 11.7. The van der Waals surface area contributed by atoms with Crippen LogP contribution in [-0.2, 0) is 10.8 Å². The minimum Gasteiger partial charge on any atom is -0.350 e. The molecule has 0 aliphatic heterocycles. The highest BCUT2D eigenvalue weighted by atomic mass is 32.2. The van der Waals surface area contributed by atoms with E-state index in [0.29, 0.717) is 17.7 Å². The van der Waals surface area contributed by atoms with Crippen molar-refractivity contribution in [2.45, 2.75) is 19.4 Å². The fourth-order valence-corrected chi connectivity index (χ4v) is 1.99. The molecule has 0 aliphatic rings. The van der Waals surface area contributed by atoms with E-state index >= 15 is 0 Å². The number of carbonyl (C=O) groups excluding carboxylic acids is 1. The van der Waals surface area contributed by atoms with Crippen molar-refractivity contribution >= 4 is 16.7 Å². The molecule has 17 heavy (non-hydrogen) atoms. The lowest BCUT2D eigenvalue weighted by Crippen LogP contribution is -2.34. The minimum atomic E-state index is -0.855. The summed E-state index contributed by atoms with van der Waals surface area (Å²) in [6, 6.07) is 2.73. The summed E-state index contributed by atoms with van der Waals surface area (Å²) in [6.07, 6.45) is 3.71. The number of pyridine rings is 1. The number of H-pyrrole nitrogens is 1. The maximum Gasteiger partial charge on any atom is 0.251 e. The lowest BCUT2D eigenvalue weighted by atomic mass is 10.2. The standard InChI is InChI=1S/C11H16N2O3S/c1-8(4-6-17(2)16)13-11(15)9-3-5-12-10(14)7-9/h3,5,7-8H,4,6H2,1-2H3,(H,12,14)(H,13,15). The zero-order valence-electron chi connectivity index (χ0n) is 9.86. The molecule has 2 N–H and O–H groups in total. The molecular weight excluding hydrogens is 240 g/mol. The molecule has 1 heterocycles. The third-order valence-corrected chi connectivity index (χ3v) is 3.06. The third-order valence-electron chi connectivity index (χ3n) is 2.25. The molecule has 0 saturated heterocycles. The number of nitrogens with one attached hydrogen (secondary N) is 2. The first kappa shape index (κ1) is 13.6. The normalized spacial score (nSPS) is 14.0. The van der Waals surface area contributed by atoms with Gasteiger partial charge in [-0.1, -0.05) is 0 Å². The topological polar surface area (TPSA) is 79.0 Å². The lowest BCUT2D eigenvalue weighted by molar-refractivity contribution is 0.0939. The molecule has 1 aromatic rings. The molecule has 2 unspecified atom stereocenters. The molecule has 0 radical (unpaired) electrons. The van der Waals surface area contributed by atoms with Gasteiger partial charge < -0.3 is 10.3 Å². The zero-order valence-corrected chi connectivity index (χ0v) is 10.7. The Kier molecular flexibility index (Phi) is 5.09. The number of hydrogen-bond acceptors (Lipinski definition) is 3. The first-order valence-corrected chi connectivity index (χ1v) is 7.01. The summed E-state index contributed by atoms with van der Waals surface area (Å²) in [5.74, 6) is 0.266. The second-order valence-corrected chi connectivity index (χ2v) is 5.44. The second-order valence-electron chi connectivity index (χ2n) is 3.88. The molecule has 1 amide bonds. The number of carbonyl (C=O) groups is 1. The molecule has 0 spiro atoms. The van der Waals surface area contributed by atoms with Crippen LogP contribution < -0.4 is 10.9 Å². The molecule has 5 nitrogen and oxygen atoms in total. The van der Waals surface area contributed by atoms with Crippen molar-refractivity contribution in [1.82, 2.24) is 10.3 Å². The predicted octanol–water partition coefficient (Wildman–Crippen LogP) is 0.262. The van der Waals surface area contributed by atoms with Crippen LogP contribution in [-0.4, -0.2) is 33.2 Å². The van der Waals surface area contributed by atoms with Crippen LogP contribution in [0.25, 0.3) is 0 Å². The highest BCUT2D eigenvalue weighted by Crippen LogP contribution is 1.97. The van der Waals surface area contributed by atoms with Crippen molar-refractivity contribution in [2.24, 2.45) is 0 Å². The Bertz CT molecular complexity index is 470. The van der Waals surface area contributed by atoms with Crippen molar-refractivity contribution in [3.8, 4) is 0 Å². The Morgan fingerprint density at radius 3 is 2.88 bits per heavy atom. The first-order chi connectivity index (χ1) is 7.99. The highest BCUT2D eigenvalue weighted by molar-refractivity contribution is 7.84. The summed E-state index contributed by atoms with van der Waals surface area (Å²) >= 11 is 0. The van der Waals surface area contributed by atoms with E-state index in [4.69, 9.17) is 0 Å². The molecule has 0 aromatic carbocycles. The quantitative estimate of drug-likeness (QED) is 0.793. The minimum absolute atomic E-state index is 0.0642. The van der Waals surface area contributed by atoms with E-state index in [1.165, 1.54) is 12.3 Å². The molecule has 0 saturated carbocycles. The number of aromatic nitrogens is 1. The number of hydrogen-bond donors (Lipinski definition) is 2. The smallest absolute Gasteiger partial charge is 0.251 e. The molecule has 0 fully saturated rings. The van der Waals surface area contributed by atoms with Crippen molar-refractivity contribution in [1.29, 1.82) is 0 Å². The summed E-state index contributed by atoms with van der Waals surface area (Å²) in [6.45, 7) is 1.85. The van der Waals surface area contributed by atoms with Gasteiger partial charge in [-0.2, -0.15) is 0 Å². The fraction of sp³-hybridized carbons (Fsp3) is 0.455. The molecule has 1 aromatic heterocycles. The van der Waals surface area contributed by atoms with Crippen LogP contribution in [0.5, 0.6) is 0 Å². The van der Waals surface area contributed by atoms with E-state index in [9.17, 15) is 13.8 Å².